The zero-order valence-electron chi connectivity index (χ0n) is 14.3. The standard InChI is InChI=1S/C19H19FN4OS/c1-2-10-3-6-15(22-9-10)18(25)23-11-4-5-14(20)12(7-11)17-13-8-16(13)26-19(21)24-17/h3-7,9,13,16-17H,2,8H2,1H3,(H2,21,24)(H,23,25). The van der Waals surface area contributed by atoms with E-state index in [2.05, 4.69) is 15.3 Å². The fraction of sp³-hybridized carbons (Fsp3) is 0.316. The quantitative estimate of drug-likeness (QED) is 0.863. The fourth-order valence-electron chi connectivity index (χ4n) is 3.19. The van der Waals surface area contributed by atoms with Gasteiger partial charge in [-0.1, -0.05) is 24.8 Å². The molecule has 2 aromatic rings. The lowest BCUT2D eigenvalue weighted by molar-refractivity contribution is 0.102. The minimum Gasteiger partial charge on any atom is -0.379 e. The van der Waals surface area contributed by atoms with Crippen LogP contribution in [0.25, 0.3) is 0 Å². The highest BCUT2D eigenvalue weighted by atomic mass is 32.2. The summed E-state index contributed by atoms with van der Waals surface area (Å²) in [6, 6.07) is 7.86. The summed E-state index contributed by atoms with van der Waals surface area (Å²) in [6.07, 6.45) is 3.54. The smallest absolute Gasteiger partial charge is 0.274 e. The van der Waals surface area contributed by atoms with E-state index >= 15 is 0 Å². The van der Waals surface area contributed by atoms with Gasteiger partial charge in [-0.3, -0.25) is 14.8 Å². The van der Waals surface area contributed by atoms with Crippen LogP contribution in [-0.2, 0) is 6.42 Å². The molecule has 7 heteroatoms. The highest BCUT2D eigenvalue weighted by Gasteiger charge is 2.48. The van der Waals surface area contributed by atoms with Crippen LogP contribution >= 0.6 is 11.8 Å². The first-order valence-electron chi connectivity index (χ1n) is 8.61. The molecule has 1 aliphatic carbocycles. The van der Waals surface area contributed by atoms with Gasteiger partial charge >= 0.3 is 0 Å². The number of aromatic nitrogens is 1. The van der Waals surface area contributed by atoms with Crippen LogP contribution in [0.15, 0.2) is 41.5 Å². The van der Waals surface area contributed by atoms with Crippen molar-refractivity contribution in [2.45, 2.75) is 31.1 Å². The third-order valence-corrected chi connectivity index (χ3v) is 5.95. The summed E-state index contributed by atoms with van der Waals surface area (Å²) in [5.74, 6) is -0.333. The lowest BCUT2D eigenvalue weighted by atomic mass is 10.0. The van der Waals surface area contributed by atoms with Crippen molar-refractivity contribution in [3.8, 4) is 0 Å². The number of hydrogen-bond donors (Lipinski definition) is 2. The number of halogens is 1. The van der Waals surface area contributed by atoms with Crippen LogP contribution in [0.5, 0.6) is 0 Å². The average molecular weight is 370 g/mol. The number of fused-ring (bicyclic) bond motifs is 1. The van der Waals surface area contributed by atoms with Crippen LogP contribution < -0.4 is 11.1 Å². The maximum atomic E-state index is 14.4. The SMILES string of the molecule is CCc1ccc(C(=O)Nc2ccc(F)c(C3N=C(N)SC4CC43)c2)nc1. The molecule has 4 rings (SSSR count). The number of amidine groups is 1. The van der Waals surface area contributed by atoms with Gasteiger partial charge in [-0.05, 0) is 48.6 Å². The zero-order chi connectivity index (χ0) is 18.3. The van der Waals surface area contributed by atoms with Gasteiger partial charge in [0.2, 0.25) is 0 Å². The Balaban J connectivity index is 1.56. The number of amides is 1. The molecule has 3 unspecified atom stereocenters. The molecule has 2 heterocycles. The van der Waals surface area contributed by atoms with Crippen molar-refractivity contribution < 1.29 is 9.18 Å². The van der Waals surface area contributed by atoms with Crippen LogP contribution in [0.3, 0.4) is 0 Å². The predicted molar refractivity (Wildman–Crippen MR) is 102 cm³/mol. The Morgan fingerprint density at radius 3 is 2.96 bits per heavy atom. The van der Waals surface area contributed by atoms with Crippen LogP contribution in [0.4, 0.5) is 10.1 Å². The lowest BCUT2D eigenvalue weighted by Crippen LogP contribution is -2.18. The van der Waals surface area contributed by atoms with Crippen molar-refractivity contribution >= 4 is 28.5 Å². The van der Waals surface area contributed by atoms with E-state index in [9.17, 15) is 9.18 Å². The molecule has 3 atom stereocenters. The minimum atomic E-state index is -0.326. The largest absolute Gasteiger partial charge is 0.379 e. The number of nitrogens with two attached hydrogens (primary N) is 1. The Morgan fingerprint density at radius 2 is 2.23 bits per heavy atom. The number of thioether (sulfide) groups is 1. The summed E-state index contributed by atoms with van der Waals surface area (Å²) in [7, 11) is 0. The molecule has 134 valence electrons. The van der Waals surface area contributed by atoms with Gasteiger partial charge in [0.05, 0.1) is 6.04 Å². The van der Waals surface area contributed by atoms with Crippen LogP contribution in [0.1, 0.15) is 41.0 Å². The highest BCUT2D eigenvalue weighted by Crippen LogP contribution is 2.54. The molecule has 0 saturated heterocycles. The highest BCUT2D eigenvalue weighted by molar-refractivity contribution is 8.14. The van der Waals surface area contributed by atoms with E-state index in [4.69, 9.17) is 5.73 Å². The van der Waals surface area contributed by atoms with Crippen molar-refractivity contribution in [2.75, 3.05) is 5.32 Å². The number of carbonyl (C=O) groups excluding carboxylic acids is 1. The first kappa shape index (κ1) is 17.0. The number of nitrogens with zero attached hydrogens (tertiary/aromatic N) is 2. The van der Waals surface area contributed by atoms with Crippen LogP contribution in [0.2, 0.25) is 0 Å². The van der Waals surface area contributed by atoms with Gasteiger partial charge in [-0.25, -0.2) is 4.39 Å². The summed E-state index contributed by atoms with van der Waals surface area (Å²) < 4.78 is 14.4. The molecule has 26 heavy (non-hydrogen) atoms. The first-order chi connectivity index (χ1) is 12.5. The molecule has 1 aromatic heterocycles. The second-order valence-corrected chi connectivity index (χ2v) is 7.82. The van der Waals surface area contributed by atoms with Gasteiger partial charge in [0, 0.05) is 22.7 Å². The number of pyridine rings is 1. The number of hydrogen-bond acceptors (Lipinski definition) is 5. The molecule has 0 spiro atoms. The first-order valence-corrected chi connectivity index (χ1v) is 9.48. The van der Waals surface area contributed by atoms with Crippen molar-refractivity contribution in [3.05, 3.63) is 59.2 Å². The number of aryl methyl sites for hydroxylation is 1. The molecular weight excluding hydrogens is 351 g/mol. The predicted octanol–water partition coefficient (Wildman–Crippen LogP) is 3.53. The average Bonchev–Trinajstić information content (AvgIpc) is 3.42. The van der Waals surface area contributed by atoms with Gasteiger partial charge in [0.15, 0.2) is 5.17 Å². The maximum Gasteiger partial charge on any atom is 0.274 e. The molecule has 1 amide bonds. The van der Waals surface area contributed by atoms with Gasteiger partial charge in [-0.2, -0.15) is 0 Å². The second kappa shape index (κ2) is 6.72. The number of aliphatic imine (C=N–C) groups is 1. The van der Waals surface area contributed by atoms with Crippen molar-refractivity contribution in [1.29, 1.82) is 0 Å². The van der Waals surface area contributed by atoms with Crippen LogP contribution in [0, 0.1) is 11.7 Å². The van der Waals surface area contributed by atoms with Gasteiger partial charge < -0.3 is 11.1 Å². The summed E-state index contributed by atoms with van der Waals surface area (Å²) in [6.45, 7) is 2.03. The molecule has 1 aliphatic heterocycles. The molecule has 3 N–H and O–H groups in total. The van der Waals surface area contributed by atoms with Crippen LogP contribution in [-0.4, -0.2) is 21.3 Å². The van der Waals surface area contributed by atoms with E-state index in [1.54, 1.807) is 36.2 Å². The molecule has 1 fully saturated rings. The molecule has 5 nitrogen and oxygen atoms in total. The van der Waals surface area contributed by atoms with Crippen molar-refractivity contribution in [2.24, 2.45) is 16.6 Å². The van der Waals surface area contributed by atoms with Crippen molar-refractivity contribution in [1.82, 2.24) is 4.98 Å². The number of anilines is 1. The number of nitrogens with one attached hydrogen (secondary N) is 1. The van der Waals surface area contributed by atoms with E-state index in [-0.39, 0.29) is 17.8 Å². The summed E-state index contributed by atoms with van der Waals surface area (Å²) >= 11 is 1.56. The minimum absolute atomic E-state index is 0.278. The molecule has 0 radical (unpaired) electrons. The number of rotatable bonds is 4. The number of benzene rings is 1. The Kier molecular flexibility index (Phi) is 4.40. The van der Waals surface area contributed by atoms with E-state index in [0.29, 0.717) is 33.3 Å². The summed E-state index contributed by atoms with van der Waals surface area (Å²) in [5, 5.41) is 3.72. The summed E-state index contributed by atoms with van der Waals surface area (Å²) in [5.41, 5.74) is 8.26. The Morgan fingerprint density at radius 1 is 1.38 bits per heavy atom. The topological polar surface area (TPSA) is 80.4 Å². The molecule has 2 aliphatic rings. The van der Waals surface area contributed by atoms with Gasteiger partial charge in [-0.15, -0.1) is 0 Å². The third-order valence-electron chi connectivity index (χ3n) is 4.76. The summed E-state index contributed by atoms with van der Waals surface area (Å²) in [4.78, 5) is 21.0. The molecule has 1 saturated carbocycles. The fourth-order valence-corrected chi connectivity index (χ4v) is 4.31. The zero-order valence-corrected chi connectivity index (χ0v) is 15.1. The lowest BCUT2D eigenvalue weighted by Gasteiger charge is -2.19. The number of carbonyl (C=O) groups is 1. The Hall–Kier alpha value is -2.41. The third kappa shape index (κ3) is 3.31. The van der Waals surface area contributed by atoms with E-state index in [0.717, 1.165) is 18.4 Å². The van der Waals surface area contributed by atoms with E-state index in [1.807, 2.05) is 13.0 Å². The molecular formula is C19H19FN4OS. The van der Waals surface area contributed by atoms with Gasteiger partial charge in [0.25, 0.3) is 5.91 Å². The monoisotopic (exact) mass is 370 g/mol. The van der Waals surface area contributed by atoms with E-state index in [1.165, 1.54) is 6.07 Å². The molecule has 1 aromatic carbocycles. The Labute approximate surface area is 155 Å². The van der Waals surface area contributed by atoms with Crippen molar-refractivity contribution in [3.63, 3.8) is 0 Å². The maximum absolute atomic E-state index is 14.4. The Bertz CT molecular complexity index is 884. The second-order valence-electron chi connectivity index (χ2n) is 6.56. The van der Waals surface area contributed by atoms with Gasteiger partial charge in [0.1, 0.15) is 11.5 Å². The normalized spacial score (nSPS) is 23.8. The molecule has 0 bridgehead atoms. The van der Waals surface area contributed by atoms with E-state index < -0.39 is 0 Å².